The number of carbonyl (C=O) groups is 2. The molecule has 2 heterocycles. The van der Waals surface area contributed by atoms with Crippen molar-refractivity contribution in [1.29, 1.82) is 0 Å². The van der Waals surface area contributed by atoms with Crippen molar-refractivity contribution in [2.45, 2.75) is 33.7 Å². The van der Waals surface area contributed by atoms with Gasteiger partial charge in [-0.15, -0.1) is 11.3 Å². The number of hydrogen-bond donors (Lipinski definition) is 2. The maximum absolute atomic E-state index is 12.9. The van der Waals surface area contributed by atoms with E-state index in [2.05, 4.69) is 10.3 Å². The molecule has 0 saturated heterocycles. The summed E-state index contributed by atoms with van der Waals surface area (Å²) < 4.78 is 1.27. The summed E-state index contributed by atoms with van der Waals surface area (Å²) in [5.41, 5.74) is 8.22. The van der Waals surface area contributed by atoms with E-state index in [1.165, 1.54) is 10.9 Å². The van der Waals surface area contributed by atoms with Gasteiger partial charge in [0.1, 0.15) is 10.9 Å². The number of aryl methyl sites for hydroxylation is 3. The highest BCUT2D eigenvalue weighted by Gasteiger charge is 2.22. The van der Waals surface area contributed by atoms with Gasteiger partial charge in [0, 0.05) is 5.69 Å². The summed E-state index contributed by atoms with van der Waals surface area (Å²) in [5, 5.41) is 3.17. The minimum absolute atomic E-state index is 0.305. The second kappa shape index (κ2) is 6.96. The molecule has 2 amide bonds. The van der Waals surface area contributed by atoms with Gasteiger partial charge in [-0.2, -0.15) is 0 Å². The third-order valence-electron chi connectivity index (χ3n) is 4.54. The van der Waals surface area contributed by atoms with Crippen molar-refractivity contribution in [2.75, 3.05) is 5.32 Å². The van der Waals surface area contributed by atoms with Crippen LogP contribution in [0.1, 0.15) is 39.3 Å². The zero-order chi connectivity index (χ0) is 19.9. The standard InChI is InChI=1S/C19H20N4O3S/c1-9-5-6-13(10(2)7-9)22-17(25)12(4)23-8-21-18-14(19(23)26)11(3)15(27-18)16(20)24/h5-8,12H,1-4H3,(H2,20,24)(H,22,25). The summed E-state index contributed by atoms with van der Waals surface area (Å²) in [6, 6.07) is 4.95. The van der Waals surface area contributed by atoms with Gasteiger partial charge in [0.25, 0.3) is 11.5 Å². The van der Waals surface area contributed by atoms with E-state index < -0.39 is 11.9 Å². The number of thiophene rings is 1. The zero-order valence-electron chi connectivity index (χ0n) is 15.5. The fourth-order valence-corrected chi connectivity index (χ4v) is 3.96. The summed E-state index contributed by atoms with van der Waals surface area (Å²) in [5.74, 6) is -0.921. The predicted octanol–water partition coefficient (Wildman–Crippen LogP) is 2.68. The fraction of sp³-hybridized carbons (Fsp3) is 0.263. The number of primary amides is 1. The lowest BCUT2D eigenvalue weighted by atomic mass is 10.1. The van der Waals surface area contributed by atoms with Crippen molar-refractivity contribution in [3.05, 3.63) is 56.4 Å². The number of benzene rings is 1. The molecule has 27 heavy (non-hydrogen) atoms. The second-order valence-corrected chi connectivity index (χ2v) is 7.54. The third-order valence-corrected chi connectivity index (χ3v) is 5.75. The Morgan fingerprint density at radius 1 is 1.26 bits per heavy atom. The molecule has 8 heteroatoms. The lowest BCUT2D eigenvalue weighted by molar-refractivity contribution is -0.118. The van der Waals surface area contributed by atoms with E-state index in [1.807, 2.05) is 32.0 Å². The highest BCUT2D eigenvalue weighted by Crippen LogP contribution is 2.26. The van der Waals surface area contributed by atoms with Gasteiger partial charge in [0.2, 0.25) is 5.91 Å². The lowest BCUT2D eigenvalue weighted by Crippen LogP contribution is -2.32. The van der Waals surface area contributed by atoms with Crippen molar-refractivity contribution in [3.8, 4) is 0 Å². The minimum atomic E-state index is -0.772. The molecule has 2 aromatic heterocycles. The quantitative estimate of drug-likeness (QED) is 0.721. The van der Waals surface area contributed by atoms with Gasteiger partial charge in [-0.3, -0.25) is 19.0 Å². The molecule has 1 unspecified atom stereocenters. The van der Waals surface area contributed by atoms with Crippen molar-refractivity contribution in [2.24, 2.45) is 5.73 Å². The number of nitrogens with one attached hydrogen (secondary N) is 1. The molecule has 0 aliphatic heterocycles. The Kier molecular flexibility index (Phi) is 4.84. The summed E-state index contributed by atoms with van der Waals surface area (Å²) in [4.78, 5) is 42.1. The number of nitrogens with two attached hydrogens (primary N) is 1. The number of amides is 2. The van der Waals surface area contributed by atoms with Crippen LogP contribution >= 0.6 is 11.3 Å². The van der Waals surface area contributed by atoms with Crippen molar-refractivity contribution in [3.63, 3.8) is 0 Å². The van der Waals surface area contributed by atoms with Crippen LogP contribution in [0.15, 0.2) is 29.3 Å². The molecule has 0 bridgehead atoms. The Morgan fingerprint density at radius 3 is 2.59 bits per heavy atom. The molecule has 3 N–H and O–H groups in total. The van der Waals surface area contributed by atoms with Gasteiger partial charge in [-0.25, -0.2) is 4.98 Å². The normalized spacial score (nSPS) is 12.1. The van der Waals surface area contributed by atoms with Gasteiger partial charge in [0.05, 0.1) is 16.6 Å². The number of hydrogen-bond acceptors (Lipinski definition) is 5. The smallest absolute Gasteiger partial charge is 0.263 e. The predicted molar refractivity (Wildman–Crippen MR) is 106 cm³/mol. The first-order valence-corrected chi connectivity index (χ1v) is 9.20. The maximum atomic E-state index is 12.9. The number of nitrogens with zero attached hydrogens (tertiary/aromatic N) is 2. The molecule has 0 aliphatic carbocycles. The Labute approximate surface area is 159 Å². The van der Waals surface area contributed by atoms with Gasteiger partial charge < -0.3 is 11.1 Å². The van der Waals surface area contributed by atoms with Crippen LogP contribution in [0.25, 0.3) is 10.2 Å². The van der Waals surface area contributed by atoms with Crippen LogP contribution in [0.3, 0.4) is 0 Å². The Bertz CT molecular complexity index is 1130. The first-order chi connectivity index (χ1) is 12.7. The van der Waals surface area contributed by atoms with Gasteiger partial charge in [-0.1, -0.05) is 17.7 Å². The van der Waals surface area contributed by atoms with E-state index in [-0.39, 0.29) is 11.5 Å². The first-order valence-electron chi connectivity index (χ1n) is 8.39. The lowest BCUT2D eigenvalue weighted by Gasteiger charge is -2.16. The largest absolute Gasteiger partial charge is 0.365 e. The molecule has 0 fully saturated rings. The van der Waals surface area contributed by atoms with Crippen molar-refractivity contribution in [1.82, 2.24) is 9.55 Å². The number of carbonyl (C=O) groups excluding carboxylic acids is 2. The van der Waals surface area contributed by atoms with Gasteiger partial charge in [-0.05, 0) is 44.9 Å². The van der Waals surface area contributed by atoms with Gasteiger partial charge >= 0.3 is 0 Å². The van der Waals surface area contributed by atoms with E-state index in [4.69, 9.17) is 5.73 Å². The summed E-state index contributed by atoms with van der Waals surface area (Å²) in [7, 11) is 0. The van der Waals surface area contributed by atoms with E-state index in [9.17, 15) is 14.4 Å². The topological polar surface area (TPSA) is 107 Å². The molecule has 1 aromatic carbocycles. The van der Waals surface area contributed by atoms with E-state index in [0.717, 1.165) is 22.5 Å². The highest BCUT2D eigenvalue weighted by atomic mass is 32.1. The van der Waals surface area contributed by atoms with Crippen LogP contribution in [0, 0.1) is 20.8 Å². The number of anilines is 1. The molecule has 140 valence electrons. The maximum Gasteiger partial charge on any atom is 0.263 e. The van der Waals surface area contributed by atoms with Crippen molar-refractivity contribution < 1.29 is 9.59 Å². The Hall–Kier alpha value is -3.00. The van der Waals surface area contributed by atoms with Crippen LogP contribution < -0.4 is 16.6 Å². The van der Waals surface area contributed by atoms with E-state index in [0.29, 0.717) is 26.3 Å². The minimum Gasteiger partial charge on any atom is -0.365 e. The van der Waals surface area contributed by atoms with E-state index in [1.54, 1.807) is 13.8 Å². The van der Waals surface area contributed by atoms with Crippen molar-refractivity contribution >= 4 is 39.1 Å². The zero-order valence-corrected chi connectivity index (χ0v) is 16.3. The second-order valence-electron chi connectivity index (χ2n) is 6.54. The van der Waals surface area contributed by atoms with Crippen LogP contribution in [-0.4, -0.2) is 21.4 Å². The molecule has 1 atom stereocenters. The summed E-state index contributed by atoms with van der Waals surface area (Å²) in [6.45, 7) is 7.18. The van der Waals surface area contributed by atoms with Crippen LogP contribution in [0.5, 0.6) is 0 Å². The molecule has 0 radical (unpaired) electrons. The molecule has 7 nitrogen and oxygen atoms in total. The Balaban J connectivity index is 1.97. The van der Waals surface area contributed by atoms with Crippen LogP contribution in [0.2, 0.25) is 0 Å². The average Bonchev–Trinajstić information content (AvgIpc) is 2.95. The molecule has 3 aromatic rings. The molecular weight excluding hydrogens is 364 g/mol. The molecule has 0 saturated carbocycles. The first kappa shape index (κ1) is 18.8. The number of fused-ring (bicyclic) bond motifs is 1. The summed E-state index contributed by atoms with van der Waals surface area (Å²) in [6.07, 6.45) is 1.33. The number of rotatable bonds is 4. The van der Waals surface area contributed by atoms with Crippen LogP contribution in [-0.2, 0) is 4.79 Å². The molecule has 3 rings (SSSR count). The SMILES string of the molecule is Cc1ccc(NC(=O)C(C)n2cnc3sc(C(N)=O)c(C)c3c2=O)c(C)c1. The molecule has 0 aliphatic rings. The fourth-order valence-electron chi connectivity index (χ4n) is 2.97. The monoisotopic (exact) mass is 384 g/mol. The molecule has 0 spiro atoms. The highest BCUT2D eigenvalue weighted by molar-refractivity contribution is 7.20. The van der Waals surface area contributed by atoms with Gasteiger partial charge in [0.15, 0.2) is 0 Å². The molecular formula is C19H20N4O3S. The summed E-state index contributed by atoms with van der Waals surface area (Å²) >= 11 is 1.08. The Morgan fingerprint density at radius 2 is 1.96 bits per heavy atom. The van der Waals surface area contributed by atoms with E-state index >= 15 is 0 Å². The average molecular weight is 384 g/mol. The van der Waals surface area contributed by atoms with Crippen LogP contribution in [0.4, 0.5) is 5.69 Å². The third kappa shape index (κ3) is 3.35. The number of aromatic nitrogens is 2.